The van der Waals surface area contributed by atoms with Crippen molar-refractivity contribution in [3.63, 3.8) is 0 Å². The molecule has 0 bridgehead atoms. The van der Waals surface area contributed by atoms with E-state index in [0.717, 1.165) is 37.5 Å². The highest BCUT2D eigenvalue weighted by Gasteiger charge is 2.35. The standard InChI is InChI=1S/C17H31N3O/c1-2-18-17(19-11-16-9-5-6-10-21-16)20-12-14-7-3-4-8-15(14)13-20/h14-16H,2-13H2,1H3,(H,18,19). The number of rotatable bonds is 3. The number of guanidine groups is 1. The van der Waals surface area contributed by atoms with Gasteiger partial charge in [0.2, 0.25) is 0 Å². The number of hydrogen-bond acceptors (Lipinski definition) is 2. The minimum atomic E-state index is 0.345. The molecule has 1 N–H and O–H groups in total. The van der Waals surface area contributed by atoms with Crippen LogP contribution in [0.2, 0.25) is 0 Å². The molecule has 3 atom stereocenters. The molecule has 2 saturated heterocycles. The van der Waals surface area contributed by atoms with Crippen LogP contribution in [0.4, 0.5) is 0 Å². The Morgan fingerprint density at radius 2 is 1.81 bits per heavy atom. The fourth-order valence-corrected chi connectivity index (χ4v) is 4.14. The van der Waals surface area contributed by atoms with Crippen molar-refractivity contribution in [2.24, 2.45) is 16.8 Å². The van der Waals surface area contributed by atoms with Crippen LogP contribution in [0, 0.1) is 11.8 Å². The molecule has 0 aromatic heterocycles. The summed E-state index contributed by atoms with van der Waals surface area (Å²) in [6.45, 7) is 7.29. The molecule has 4 nitrogen and oxygen atoms in total. The van der Waals surface area contributed by atoms with Gasteiger partial charge in [-0.25, -0.2) is 0 Å². The van der Waals surface area contributed by atoms with Gasteiger partial charge in [0, 0.05) is 26.2 Å². The van der Waals surface area contributed by atoms with Crippen molar-refractivity contribution in [3.8, 4) is 0 Å². The van der Waals surface area contributed by atoms with Crippen LogP contribution in [0.25, 0.3) is 0 Å². The normalized spacial score (nSPS) is 33.9. The minimum absolute atomic E-state index is 0.345. The van der Waals surface area contributed by atoms with E-state index in [9.17, 15) is 0 Å². The Morgan fingerprint density at radius 3 is 2.43 bits per heavy atom. The zero-order valence-electron chi connectivity index (χ0n) is 13.5. The van der Waals surface area contributed by atoms with E-state index in [1.165, 1.54) is 58.0 Å². The predicted molar refractivity (Wildman–Crippen MR) is 86.6 cm³/mol. The molecule has 2 aliphatic heterocycles. The summed E-state index contributed by atoms with van der Waals surface area (Å²) in [5.41, 5.74) is 0. The number of nitrogens with zero attached hydrogens (tertiary/aromatic N) is 2. The number of likely N-dealkylation sites (tertiary alicyclic amines) is 1. The number of ether oxygens (including phenoxy) is 1. The molecule has 2 heterocycles. The predicted octanol–water partition coefficient (Wildman–Crippen LogP) is 2.64. The molecule has 3 unspecified atom stereocenters. The molecule has 120 valence electrons. The summed E-state index contributed by atoms with van der Waals surface area (Å²) >= 11 is 0. The van der Waals surface area contributed by atoms with Crippen molar-refractivity contribution in [2.45, 2.75) is 58.0 Å². The molecule has 0 radical (unpaired) electrons. The second-order valence-corrected chi connectivity index (χ2v) is 6.89. The lowest BCUT2D eigenvalue weighted by Crippen LogP contribution is -2.41. The van der Waals surface area contributed by atoms with Gasteiger partial charge in [0.15, 0.2) is 5.96 Å². The molecule has 0 amide bonds. The van der Waals surface area contributed by atoms with Gasteiger partial charge in [0.1, 0.15) is 0 Å². The van der Waals surface area contributed by atoms with Crippen molar-refractivity contribution in [2.75, 3.05) is 32.8 Å². The Bertz CT molecular complexity index is 338. The van der Waals surface area contributed by atoms with Crippen molar-refractivity contribution >= 4 is 5.96 Å². The van der Waals surface area contributed by atoms with E-state index < -0.39 is 0 Å². The lowest BCUT2D eigenvalue weighted by molar-refractivity contribution is 0.0223. The van der Waals surface area contributed by atoms with E-state index in [0.29, 0.717) is 6.10 Å². The number of hydrogen-bond donors (Lipinski definition) is 1. The average molecular weight is 293 g/mol. The van der Waals surface area contributed by atoms with E-state index in [1.807, 2.05) is 0 Å². The largest absolute Gasteiger partial charge is 0.376 e. The molecule has 3 aliphatic rings. The summed E-state index contributed by atoms with van der Waals surface area (Å²) in [5, 5.41) is 3.49. The molecule has 1 aliphatic carbocycles. The number of aliphatic imine (C=N–C) groups is 1. The van der Waals surface area contributed by atoms with Gasteiger partial charge in [-0.15, -0.1) is 0 Å². The highest BCUT2D eigenvalue weighted by molar-refractivity contribution is 5.80. The van der Waals surface area contributed by atoms with Crippen LogP contribution >= 0.6 is 0 Å². The lowest BCUT2D eigenvalue weighted by Gasteiger charge is -2.24. The Kier molecular flexibility index (Phi) is 5.39. The lowest BCUT2D eigenvalue weighted by atomic mass is 9.82. The van der Waals surface area contributed by atoms with Crippen molar-refractivity contribution in [3.05, 3.63) is 0 Å². The van der Waals surface area contributed by atoms with E-state index in [2.05, 4.69) is 17.1 Å². The van der Waals surface area contributed by atoms with Gasteiger partial charge in [-0.05, 0) is 50.9 Å². The van der Waals surface area contributed by atoms with Crippen molar-refractivity contribution in [1.29, 1.82) is 0 Å². The molecule has 1 saturated carbocycles. The minimum Gasteiger partial charge on any atom is -0.376 e. The first kappa shape index (κ1) is 15.1. The van der Waals surface area contributed by atoms with Gasteiger partial charge in [-0.1, -0.05) is 12.8 Å². The second-order valence-electron chi connectivity index (χ2n) is 6.89. The fourth-order valence-electron chi connectivity index (χ4n) is 4.14. The third kappa shape index (κ3) is 3.91. The van der Waals surface area contributed by atoms with Crippen LogP contribution in [0.5, 0.6) is 0 Å². The van der Waals surface area contributed by atoms with Crippen LogP contribution in [-0.2, 0) is 4.74 Å². The topological polar surface area (TPSA) is 36.9 Å². The zero-order valence-corrected chi connectivity index (χ0v) is 13.5. The van der Waals surface area contributed by atoms with Crippen LogP contribution in [0.15, 0.2) is 4.99 Å². The molecule has 3 fully saturated rings. The smallest absolute Gasteiger partial charge is 0.194 e. The fraction of sp³-hybridized carbons (Fsp3) is 0.941. The molecule has 3 rings (SSSR count). The summed E-state index contributed by atoms with van der Waals surface area (Å²) < 4.78 is 5.81. The van der Waals surface area contributed by atoms with Gasteiger partial charge < -0.3 is 15.0 Å². The number of nitrogens with one attached hydrogen (secondary N) is 1. The van der Waals surface area contributed by atoms with Gasteiger partial charge in [0.05, 0.1) is 12.6 Å². The zero-order chi connectivity index (χ0) is 14.5. The Morgan fingerprint density at radius 1 is 1.10 bits per heavy atom. The summed E-state index contributed by atoms with van der Waals surface area (Å²) in [6, 6.07) is 0. The maximum absolute atomic E-state index is 5.81. The summed E-state index contributed by atoms with van der Waals surface area (Å²) in [4.78, 5) is 7.39. The molecular formula is C17H31N3O. The Balaban J connectivity index is 1.58. The Hall–Kier alpha value is -0.770. The van der Waals surface area contributed by atoms with E-state index in [-0.39, 0.29) is 0 Å². The third-order valence-corrected chi connectivity index (χ3v) is 5.33. The van der Waals surface area contributed by atoms with Crippen LogP contribution < -0.4 is 5.32 Å². The van der Waals surface area contributed by atoms with Gasteiger partial charge >= 0.3 is 0 Å². The van der Waals surface area contributed by atoms with Crippen LogP contribution in [-0.4, -0.2) is 49.7 Å². The van der Waals surface area contributed by atoms with E-state index >= 15 is 0 Å². The monoisotopic (exact) mass is 293 g/mol. The van der Waals surface area contributed by atoms with Gasteiger partial charge in [0.25, 0.3) is 0 Å². The van der Waals surface area contributed by atoms with Crippen LogP contribution in [0.3, 0.4) is 0 Å². The Labute approximate surface area is 129 Å². The summed E-state index contributed by atoms with van der Waals surface area (Å²) in [7, 11) is 0. The molecule has 0 spiro atoms. The quantitative estimate of drug-likeness (QED) is 0.642. The van der Waals surface area contributed by atoms with Gasteiger partial charge in [-0.2, -0.15) is 0 Å². The maximum Gasteiger partial charge on any atom is 0.194 e. The highest BCUT2D eigenvalue weighted by Crippen LogP contribution is 2.35. The number of fused-ring (bicyclic) bond motifs is 1. The highest BCUT2D eigenvalue weighted by atomic mass is 16.5. The molecular weight excluding hydrogens is 262 g/mol. The molecule has 4 heteroatoms. The average Bonchev–Trinajstić information content (AvgIpc) is 2.96. The first-order chi connectivity index (χ1) is 10.4. The first-order valence-electron chi connectivity index (χ1n) is 9.01. The third-order valence-electron chi connectivity index (χ3n) is 5.33. The van der Waals surface area contributed by atoms with E-state index in [4.69, 9.17) is 9.73 Å². The van der Waals surface area contributed by atoms with Crippen molar-refractivity contribution < 1.29 is 4.74 Å². The molecule has 0 aromatic rings. The molecule has 0 aromatic carbocycles. The van der Waals surface area contributed by atoms with Crippen molar-refractivity contribution in [1.82, 2.24) is 10.2 Å². The first-order valence-corrected chi connectivity index (χ1v) is 9.01. The van der Waals surface area contributed by atoms with Gasteiger partial charge in [-0.3, -0.25) is 4.99 Å². The SMILES string of the molecule is CCNC(=NCC1CCCCO1)N1CC2CCCCC2C1. The summed E-state index contributed by atoms with van der Waals surface area (Å²) in [6.07, 6.45) is 9.74. The van der Waals surface area contributed by atoms with E-state index in [1.54, 1.807) is 0 Å². The maximum atomic E-state index is 5.81. The second kappa shape index (κ2) is 7.48. The van der Waals surface area contributed by atoms with Crippen LogP contribution in [0.1, 0.15) is 51.9 Å². The molecule has 21 heavy (non-hydrogen) atoms. The summed E-state index contributed by atoms with van der Waals surface area (Å²) in [5.74, 6) is 2.95.